The van der Waals surface area contributed by atoms with E-state index in [4.69, 9.17) is 4.98 Å². The standard InChI is InChI=1S/C22H22N10OS/c1-12-3-6-18(34-12)17-9-23-21-16(32-19(27-29-30-32)7-14-4-5-14)8-15(10-31(17)21)22(33)26-13(2)20-24-11-25-28-20/h3,6,8-11,13-14H,4-5,7H2,1-2H3,(H,26,33)(H,24,25,28)/t13-/m0/s1. The Bertz CT molecular complexity index is 1480. The monoisotopic (exact) mass is 474 g/mol. The van der Waals surface area contributed by atoms with Crippen LogP contribution in [0.5, 0.6) is 0 Å². The van der Waals surface area contributed by atoms with Crippen molar-refractivity contribution in [1.29, 1.82) is 0 Å². The molecule has 1 aliphatic rings. The van der Waals surface area contributed by atoms with Crippen molar-refractivity contribution >= 4 is 22.9 Å². The second-order valence-corrected chi connectivity index (χ2v) is 9.87. The van der Waals surface area contributed by atoms with E-state index in [-0.39, 0.29) is 11.9 Å². The lowest BCUT2D eigenvalue weighted by Gasteiger charge is -2.13. The van der Waals surface area contributed by atoms with Gasteiger partial charge in [-0.25, -0.2) is 4.98 Å². The van der Waals surface area contributed by atoms with Crippen molar-refractivity contribution < 1.29 is 4.79 Å². The average molecular weight is 475 g/mol. The minimum absolute atomic E-state index is 0.245. The highest BCUT2D eigenvalue weighted by molar-refractivity contribution is 7.15. The van der Waals surface area contributed by atoms with Crippen molar-refractivity contribution in [2.75, 3.05) is 0 Å². The van der Waals surface area contributed by atoms with E-state index in [1.54, 1.807) is 22.1 Å². The van der Waals surface area contributed by atoms with Crippen LogP contribution in [0.3, 0.4) is 0 Å². The number of aryl methyl sites for hydroxylation is 1. The van der Waals surface area contributed by atoms with E-state index in [0.29, 0.717) is 28.6 Å². The Morgan fingerprint density at radius 3 is 2.94 bits per heavy atom. The molecule has 172 valence electrons. The molecule has 0 aromatic carbocycles. The number of aromatic amines is 1. The predicted octanol–water partition coefficient (Wildman–Crippen LogP) is 2.91. The molecule has 0 unspecified atom stereocenters. The highest BCUT2D eigenvalue weighted by Crippen LogP contribution is 2.33. The summed E-state index contributed by atoms with van der Waals surface area (Å²) in [7, 11) is 0. The Labute approximate surface area is 198 Å². The van der Waals surface area contributed by atoms with Gasteiger partial charge in [0, 0.05) is 17.5 Å². The molecular weight excluding hydrogens is 452 g/mol. The topological polar surface area (TPSA) is 132 Å². The fraction of sp³-hybridized carbons (Fsp3) is 0.318. The number of nitrogens with zero attached hydrogens (tertiary/aromatic N) is 8. The number of aromatic nitrogens is 9. The third-order valence-electron chi connectivity index (χ3n) is 5.97. The number of H-pyrrole nitrogens is 1. The first kappa shape index (κ1) is 20.7. The van der Waals surface area contributed by atoms with E-state index in [2.05, 4.69) is 55.1 Å². The van der Waals surface area contributed by atoms with E-state index >= 15 is 0 Å². The summed E-state index contributed by atoms with van der Waals surface area (Å²) in [6.45, 7) is 3.92. The molecule has 12 heteroatoms. The van der Waals surface area contributed by atoms with Crippen molar-refractivity contribution in [3.63, 3.8) is 0 Å². The fourth-order valence-corrected chi connectivity index (χ4v) is 4.85. The minimum Gasteiger partial charge on any atom is -0.342 e. The molecule has 11 nitrogen and oxygen atoms in total. The van der Waals surface area contributed by atoms with Crippen molar-refractivity contribution in [3.05, 3.63) is 59.0 Å². The van der Waals surface area contributed by atoms with Crippen LogP contribution in [0, 0.1) is 12.8 Å². The molecule has 0 radical (unpaired) electrons. The molecule has 1 amide bonds. The van der Waals surface area contributed by atoms with Gasteiger partial charge in [0.15, 0.2) is 17.3 Å². The number of carbonyl (C=O) groups is 1. The van der Waals surface area contributed by atoms with Gasteiger partial charge in [0.1, 0.15) is 12.0 Å². The minimum atomic E-state index is -0.338. The molecule has 1 atom stereocenters. The zero-order chi connectivity index (χ0) is 23.2. The molecule has 1 saturated carbocycles. The maximum absolute atomic E-state index is 13.3. The molecule has 5 heterocycles. The van der Waals surface area contributed by atoms with Crippen LogP contribution in [0.4, 0.5) is 0 Å². The highest BCUT2D eigenvalue weighted by Gasteiger charge is 2.26. The van der Waals surface area contributed by atoms with Gasteiger partial charge in [0.25, 0.3) is 5.91 Å². The van der Waals surface area contributed by atoms with Crippen molar-refractivity contribution in [2.45, 2.75) is 39.2 Å². The lowest BCUT2D eigenvalue weighted by molar-refractivity contribution is 0.0938. The molecule has 0 spiro atoms. The van der Waals surface area contributed by atoms with Gasteiger partial charge in [0.2, 0.25) is 0 Å². The van der Waals surface area contributed by atoms with E-state index in [0.717, 1.165) is 22.8 Å². The quantitative estimate of drug-likeness (QED) is 0.371. The van der Waals surface area contributed by atoms with Crippen LogP contribution in [-0.2, 0) is 6.42 Å². The molecule has 2 N–H and O–H groups in total. The van der Waals surface area contributed by atoms with E-state index < -0.39 is 0 Å². The van der Waals surface area contributed by atoms with Crippen molar-refractivity contribution in [2.24, 2.45) is 5.92 Å². The number of tetrazole rings is 1. The first-order valence-corrected chi connectivity index (χ1v) is 11.9. The summed E-state index contributed by atoms with van der Waals surface area (Å²) in [4.78, 5) is 23.2. The fourth-order valence-electron chi connectivity index (χ4n) is 3.98. The molecule has 0 saturated heterocycles. The second-order valence-electron chi connectivity index (χ2n) is 8.59. The maximum Gasteiger partial charge on any atom is 0.253 e. The van der Waals surface area contributed by atoms with Crippen molar-refractivity contribution in [3.8, 4) is 16.3 Å². The summed E-state index contributed by atoms with van der Waals surface area (Å²) in [6, 6.07) is 5.60. The predicted molar refractivity (Wildman–Crippen MR) is 125 cm³/mol. The van der Waals surface area contributed by atoms with E-state index in [9.17, 15) is 4.79 Å². The number of amides is 1. The first-order chi connectivity index (χ1) is 16.6. The molecule has 5 aromatic rings. The third-order valence-corrected chi connectivity index (χ3v) is 6.99. The number of pyridine rings is 1. The zero-order valence-electron chi connectivity index (χ0n) is 18.6. The summed E-state index contributed by atoms with van der Waals surface area (Å²) < 4.78 is 3.65. The molecule has 0 aliphatic heterocycles. The van der Waals surface area contributed by atoms with Gasteiger partial charge >= 0.3 is 0 Å². The Balaban J connectivity index is 1.47. The number of thiophene rings is 1. The summed E-state index contributed by atoms with van der Waals surface area (Å²) in [5, 5.41) is 23.2. The van der Waals surface area contributed by atoms with Crippen molar-refractivity contribution in [1.82, 2.24) is 50.1 Å². The maximum atomic E-state index is 13.3. The Morgan fingerprint density at radius 1 is 1.32 bits per heavy atom. The average Bonchev–Trinajstić information content (AvgIpc) is 3.30. The Morgan fingerprint density at radius 2 is 2.21 bits per heavy atom. The van der Waals surface area contributed by atoms with Gasteiger partial charge < -0.3 is 10.3 Å². The molecular formula is C22H22N10OS. The van der Waals surface area contributed by atoms with Crippen LogP contribution in [0.1, 0.15) is 52.7 Å². The molecule has 34 heavy (non-hydrogen) atoms. The van der Waals surface area contributed by atoms with Gasteiger partial charge in [-0.15, -0.1) is 26.6 Å². The van der Waals surface area contributed by atoms with Crippen LogP contribution >= 0.6 is 11.3 Å². The highest BCUT2D eigenvalue weighted by atomic mass is 32.1. The number of nitrogens with one attached hydrogen (secondary N) is 2. The van der Waals surface area contributed by atoms with Crippen LogP contribution in [0.2, 0.25) is 0 Å². The Kier molecular flexibility index (Phi) is 4.94. The van der Waals surface area contributed by atoms with Crippen LogP contribution < -0.4 is 5.32 Å². The molecule has 5 aromatic heterocycles. The number of rotatable bonds is 7. The van der Waals surface area contributed by atoms with E-state index in [1.165, 1.54) is 24.0 Å². The number of fused-ring (bicyclic) bond motifs is 1. The lowest BCUT2D eigenvalue weighted by atomic mass is 10.2. The first-order valence-electron chi connectivity index (χ1n) is 11.1. The molecule has 1 aliphatic carbocycles. The summed E-state index contributed by atoms with van der Waals surface area (Å²) in [6.07, 6.45) is 8.31. The van der Waals surface area contributed by atoms with Gasteiger partial charge in [-0.1, -0.05) is 0 Å². The number of hydrogen-bond donors (Lipinski definition) is 2. The second kappa shape index (κ2) is 8.13. The lowest BCUT2D eigenvalue weighted by Crippen LogP contribution is -2.28. The smallest absolute Gasteiger partial charge is 0.253 e. The molecule has 6 rings (SSSR count). The Hall–Kier alpha value is -3.93. The van der Waals surface area contributed by atoms with Gasteiger partial charge in [-0.05, 0) is 61.2 Å². The SMILES string of the molecule is Cc1ccc(-c2cnc3c(-n4nnnc4CC4CC4)cc(C(=O)N[C@@H](C)c4nnc[nH]4)cn23)s1. The molecule has 0 bridgehead atoms. The normalized spacial score (nSPS) is 14.5. The molecule has 1 fully saturated rings. The number of hydrogen-bond acceptors (Lipinski definition) is 8. The summed E-state index contributed by atoms with van der Waals surface area (Å²) in [5.74, 6) is 1.72. The number of imidazole rings is 1. The number of carbonyl (C=O) groups excluding carboxylic acids is 1. The summed E-state index contributed by atoms with van der Waals surface area (Å²) >= 11 is 1.68. The van der Waals surface area contributed by atoms with Gasteiger partial charge in [-0.3, -0.25) is 9.20 Å². The van der Waals surface area contributed by atoms with Gasteiger partial charge in [-0.2, -0.15) is 4.68 Å². The largest absolute Gasteiger partial charge is 0.342 e. The van der Waals surface area contributed by atoms with E-state index in [1.807, 2.05) is 23.7 Å². The third kappa shape index (κ3) is 3.75. The van der Waals surface area contributed by atoms with Gasteiger partial charge in [0.05, 0.1) is 28.4 Å². The van der Waals surface area contributed by atoms with Crippen LogP contribution in [0.25, 0.3) is 21.9 Å². The van der Waals surface area contributed by atoms with Crippen LogP contribution in [0.15, 0.2) is 36.9 Å². The summed E-state index contributed by atoms with van der Waals surface area (Å²) in [5.41, 5.74) is 2.73. The zero-order valence-corrected chi connectivity index (χ0v) is 19.5. The van der Waals surface area contributed by atoms with Crippen LogP contribution in [-0.4, -0.2) is 50.7 Å².